The lowest BCUT2D eigenvalue weighted by atomic mass is 10.2. The number of para-hydroxylation sites is 2. The first-order valence-corrected chi connectivity index (χ1v) is 6.68. The predicted molar refractivity (Wildman–Crippen MR) is 75.0 cm³/mol. The number of H-pyrrole nitrogens is 1. The van der Waals surface area contributed by atoms with Gasteiger partial charge in [-0.2, -0.15) is 0 Å². The van der Waals surface area contributed by atoms with Crippen molar-refractivity contribution in [3.05, 3.63) is 24.3 Å². The lowest BCUT2D eigenvalue weighted by molar-refractivity contribution is 0.407. The second kappa shape index (κ2) is 4.61. The van der Waals surface area contributed by atoms with E-state index in [1.54, 1.807) is 0 Å². The normalized spacial score (nSPS) is 20.7. The van der Waals surface area contributed by atoms with Crippen LogP contribution in [0.5, 0.6) is 0 Å². The van der Waals surface area contributed by atoms with Gasteiger partial charge in [0.25, 0.3) is 0 Å². The van der Waals surface area contributed by atoms with Crippen molar-refractivity contribution < 1.29 is 0 Å². The molecule has 2 heterocycles. The van der Waals surface area contributed by atoms with Gasteiger partial charge in [0.1, 0.15) is 0 Å². The second-order valence-electron chi connectivity index (χ2n) is 5.07. The summed E-state index contributed by atoms with van der Waals surface area (Å²) in [5.74, 6) is 1.01. The summed E-state index contributed by atoms with van der Waals surface area (Å²) in [4.78, 5) is 12.9. The predicted octanol–water partition coefficient (Wildman–Crippen LogP) is 2.09. The summed E-state index contributed by atoms with van der Waals surface area (Å²) in [5, 5.41) is 0. The molecule has 18 heavy (non-hydrogen) atoms. The van der Waals surface area contributed by atoms with Gasteiger partial charge >= 0.3 is 0 Å². The van der Waals surface area contributed by atoms with Crippen molar-refractivity contribution in [1.82, 2.24) is 14.9 Å². The molecule has 0 radical (unpaired) electrons. The van der Waals surface area contributed by atoms with E-state index < -0.39 is 0 Å². The number of likely N-dealkylation sites (N-methyl/N-ethyl adjacent to an activating group) is 2. The number of nitrogens with zero attached hydrogens (tertiary/aromatic N) is 3. The van der Waals surface area contributed by atoms with E-state index in [1.165, 1.54) is 13.0 Å². The van der Waals surface area contributed by atoms with Gasteiger partial charge in [-0.1, -0.05) is 12.1 Å². The Morgan fingerprint density at radius 3 is 2.94 bits per heavy atom. The maximum atomic E-state index is 4.71. The second-order valence-corrected chi connectivity index (χ2v) is 5.07. The highest BCUT2D eigenvalue weighted by Gasteiger charge is 2.26. The van der Waals surface area contributed by atoms with Crippen LogP contribution in [0.1, 0.15) is 13.3 Å². The fourth-order valence-corrected chi connectivity index (χ4v) is 2.82. The zero-order valence-electron chi connectivity index (χ0n) is 11.1. The monoisotopic (exact) mass is 244 g/mol. The fourth-order valence-electron chi connectivity index (χ4n) is 2.82. The van der Waals surface area contributed by atoms with Gasteiger partial charge in [-0.3, -0.25) is 0 Å². The van der Waals surface area contributed by atoms with E-state index in [0.29, 0.717) is 6.04 Å². The van der Waals surface area contributed by atoms with Crippen LogP contribution in [0.2, 0.25) is 0 Å². The van der Waals surface area contributed by atoms with E-state index in [2.05, 4.69) is 40.9 Å². The molecule has 2 aromatic rings. The van der Waals surface area contributed by atoms with Crippen LogP contribution >= 0.6 is 0 Å². The molecule has 0 bridgehead atoms. The fraction of sp³-hybridized carbons (Fsp3) is 0.500. The van der Waals surface area contributed by atoms with Gasteiger partial charge in [0.2, 0.25) is 5.95 Å². The van der Waals surface area contributed by atoms with Crippen molar-refractivity contribution >= 4 is 17.0 Å². The highest BCUT2D eigenvalue weighted by atomic mass is 15.3. The lowest BCUT2D eigenvalue weighted by Crippen LogP contribution is -2.37. The maximum absolute atomic E-state index is 4.71. The molecule has 1 fully saturated rings. The van der Waals surface area contributed by atoms with Crippen LogP contribution in [0.4, 0.5) is 5.95 Å². The third-order valence-electron chi connectivity index (χ3n) is 3.80. The van der Waals surface area contributed by atoms with Crippen LogP contribution < -0.4 is 4.90 Å². The molecule has 4 heteroatoms. The van der Waals surface area contributed by atoms with Crippen molar-refractivity contribution in [2.24, 2.45) is 0 Å². The van der Waals surface area contributed by atoms with Crippen LogP contribution in [0.3, 0.4) is 0 Å². The lowest BCUT2D eigenvalue weighted by Gasteiger charge is -2.27. The van der Waals surface area contributed by atoms with Gasteiger partial charge in [0.15, 0.2) is 0 Å². The van der Waals surface area contributed by atoms with Crippen molar-refractivity contribution in [3.8, 4) is 0 Å². The molecular formula is C14H20N4. The van der Waals surface area contributed by atoms with Crippen molar-refractivity contribution in [3.63, 3.8) is 0 Å². The van der Waals surface area contributed by atoms with Crippen molar-refractivity contribution in [2.45, 2.75) is 19.4 Å². The smallest absolute Gasteiger partial charge is 0.204 e. The molecule has 0 aliphatic carbocycles. The third-order valence-corrected chi connectivity index (χ3v) is 3.80. The number of fused-ring (bicyclic) bond motifs is 1. The van der Waals surface area contributed by atoms with Gasteiger partial charge in [-0.05, 0) is 39.1 Å². The van der Waals surface area contributed by atoms with E-state index in [1.807, 2.05) is 12.1 Å². The Kier molecular flexibility index (Phi) is 2.96. The third kappa shape index (κ3) is 1.97. The van der Waals surface area contributed by atoms with Gasteiger partial charge in [-0.25, -0.2) is 4.98 Å². The molecule has 96 valence electrons. The number of aromatic amines is 1. The molecule has 1 aromatic carbocycles. The zero-order chi connectivity index (χ0) is 12.5. The minimum absolute atomic E-state index is 0.584. The number of benzene rings is 1. The molecule has 1 unspecified atom stereocenters. The number of anilines is 1. The first kappa shape index (κ1) is 11.5. The zero-order valence-corrected chi connectivity index (χ0v) is 11.1. The molecule has 3 rings (SSSR count). The Hall–Kier alpha value is -1.55. The Labute approximate surface area is 108 Å². The number of hydrogen-bond donors (Lipinski definition) is 1. The molecule has 1 N–H and O–H groups in total. The molecule has 1 aliphatic heterocycles. The highest BCUT2D eigenvalue weighted by Crippen LogP contribution is 2.22. The Morgan fingerprint density at radius 2 is 2.28 bits per heavy atom. The summed E-state index contributed by atoms with van der Waals surface area (Å²) < 4.78 is 0. The van der Waals surface area contributed by atoms with E-state index in [9.17, 15) is 0 Å². The number of aromatic nitrogens is 2. The largest absolute Gasteiger partial charge is 0.338 e. The average molecular weight is 244 g/mol. The first-order valence-electron chi connectivity index (χ1n) is 6.68. The molecule has 1 atom stereocenters. The minimum atomic E-state index is 0.584. The molecule has 1 aromatic heterocycles. The summed E-state index contributed by atoms with van der Waals surface area (Å²) in [6.07, 6.45) is 1.22. The molecule has 0 amide bonds. The Balaban J connectivity index is 1.91. The molecule has 1 saturated heterocycles. The number of likely N-dealkylation sites (tertiary alicyclic amines) is 1. The van der Waals surface area contributed by atoms with Crippen molar-refractivity contribution in [2.75, 3.05) is 31.6 Å². The standard InChI is InChI=1S/C14H20N4/c1-3-18(11-8-9-17(2)10-11)14-15-12-6-4-5-7-13(12)16-14/h4-7,11H,3,8-10H2,1-2H3,(H,15,16). The summed E-state index contributed by atoms with van der Waals surface area (Å²) >= 11 is 0. The van der Waals surface area contributed by atoms with Gasteiger partial charge in [0, 0.05) is 19.1 Å². The minimum Gasteiger partial charge on any atom is -0.338 e. The van der Waals surface area contributed by atoms with E-state index >= 15 is 0 Å². The van der Waals surface area contributed by atoms with Crippen LogP contribution in [0.25, 0.3) is 11.0 Å². The molecule has 1 aliphatic rings. The highest BCUT2D eigenvalue weighted by molar-refractivity contribution is 5.77. The molecule has 4 nitrogen and oxygen atoms in total. The summed E-state index contributed by atoms with van der Waals surface area (Å²) in [6, 6.07) is 8.81. The number of nitrogens with one attached hydrogen (secondary N) is 1. The van der Waals surface area contributed by atoms with Crippen LogP contribution in [0, 0.1) is 0 Å². The van der Waals surface area contributed by atoms with Gasteiger partial charge in [-0.15, -0.1) is 0 Å². The molecular weight excluding hydrogens is 224 g/mol. The van der Waals surface area contributed by atoms with E-state index in [0.717, 1.165) is 30.1 Å². The van der Waals surface area contributed by atoms with E-state index in [4.69, 9.17) is 4.98 Å². The van der Waals surface area contributed by atoms with Gasteiger partial charge in [0.05, 0.1) is 11.0 Å². The average Bonchev–Trinajstić information content (AvgIpc) is 2.96. The Bertz CT molecular complexity index is 500. The maximum Gasteiger partial charge on any atom is 0.204 e. The van der Waals surface area contributed by atoms with Crippen LogP contribution in [-0.2, 0) is 0 Å². The summed E-state index contributed by atoms with van der Waals surface area (Å²) in [5.41, 5.74) is 2.18. The quantitative estimate of drug-likeness (QED) is 0.898. The van der Waals surface area contributed by atoms with Crippen molar-refractivity contribution in [1.29, 1.82) is 0 Å². The van der Waals surface area contributed by atoms with Gasteiger partial charge < -0.3 is 14.8 Å². The number of hydrogen-bond acceptors (Lipinski definition) is 3. The topological polar surface area (TPSA) is 35.2 Å². The molecule has 0 spiro atoms. The summed E-state index contributed by atoms with van der Waals surface area (Å²) in [7, 11) is 2.19. The van der Waals surface area contributed by atoms with E-state index in [-0.39, 0.29) is 0 Å². The summed E-state index contributed by atoms with van der Waals surface area (Å²) in [6.45, 7) is 5.51. The first-order chi connectivity index (χ1) is 8.78. The Morgan fingerprint density at radius 1 is 1.44 bits per heavy atom. The SMILES string of the molecule is CCN(c1nc2ccccc2[nH]1)C1CCN(C)C1. The molecule has 0 saturated carbocycles. The van der Waals surface area contributed by atoms with Crippen LogP contribution in [0.15, 0.2) is 24.3 Å². The van der Waals surface area contributed by atoms with Crippen LogP contribution in [-0.4, -0.2) is 47.6 Å². The number of rotatable bonds is 3. The number of imidazole rings is 1.